The highest BCUT2D eigenvalue weighted by atomic mass is 16.5. The van der Waals surface area contributed by atoms with Gasteiger partial charge in [-0.25, -0.2) is 4.98 Å². The van der Waals surface area contributed by atoms with Crippen molar-refractivity contribution in [3.8, 4) is 11.4 Å². The van der Waals surface area contributed by atoms with Gasteiger partial charge in [-0.1, -0.05) is 6.92 Å². The number of carbonyl (C=O) groups is 1. The summed E-state index contributed by atoms with van der Waals surface area (Å²) >= 11 is 0. The van der Waals surface area contributed by atoms with Crippen LogP contribution in [-0.4, -0.2) is 60.8 Å². The van der Waals surface area contributed by atoms with Gasteiger partial charge in [-0.15, -0.1) is 0 Å². The van der Waals surface area contributed by atoms with Gasteiger partial charge in [0.1, 0.15) is 12.1 Å². The van der Waals surface area contributed by atoms with Crippen LogP contribution in [0.4, 0.5) is 0 Å². The van der Waals surface area contributed by atoms with Gasteiger partial charge >= 0.3 is 0 Å². The van der Waals surface area contributed by atoms with Gasteiger partial charge in [0, 0.05) is 43.8 Å². The monoisotopic (exact) mass is 501 g/mol. The molecule has 5 rings (SSSR count). The quantitative estimate of drug-likeness (QED) is 0.417. The Balaban J connectivity index is 1.25. The van der Waals surface area contributed by atoms with Gasteiger partial charge in [-0.05, 0) is 66.8 Å². The van der Waals surface area contributed by atoms with E-state index in [-0.39, 0.29) is 23.9 Å². The lowest BCUT2D eigenvalue weighted by atomic mass is 9.90. The van der Waals surface area contributed by atoms with Gasteiger partial charge in [0.15, 0.2) is 5.65 Å². The lowest BCUT2D eigenvalue weighted by Gasteiger charge is -2.38. The van der Waals surface area contributed by atoms with Gasteiger partial charge in [0.25, 0.3) is 5.56 Å². The number of fused-ring (bicyclic) bond motifs is 1. The summed E-state index contributed by atoms with van der Waals surface area (Å²) in [6.07, 6.45) is 8.00. The number of aromatic nitrogens is 4. The molecule has 4 heterocycles. The molecule has 0 spiro atoms. The van der Waals surface area contributed by atoms with E-state index in [2.05, 4.69) is 9.97 Å². The number of hydrogen-bond donors (Lipinski definition) is 1. The maximum atomic E-state index is 13.2. The molecule has 0 bridgehead atoms. The molecular formula is C28H31N5O4. The zero-order valence-corrected chi connectivity index (χ0v) is 21.1. The first-order valence-electron chi connectivity index (χ1n) is 12.5. The highest BCUT2D eigenvalue weighted by Crippen LogP contribution is 2.27. The molecule has 37 heavy (non-hydrogen) atoms. The van der Waals surface area contributed by atoms with Gasteiger partial charge in [-0.3, -0.25) is 19.1 Å². The molecule has 1 atom stereocenters. The third kappa shape index (κ3) is 5.13. The predicted molar refractivity (Wildman–Crippen MR) is 140 cm³/mol. The molecule has 1 N–H and O–H groups in total. The molecule has 0 aliphatic carbocycles. The summed E-state index contributed by atoms with van der Waals surface area (Å²) in [6, 6.07) is 13.1. The number of methoxy groups -OCH3 is 1. The molecule has 3 aromatic heterocycles. The highest BCUT2D eigenvalue weighted by molar-refractivity contribution is 5.77. The zero-order valence-electron chi connectivity index (χ0n) is 21.1. The number of rotatable bonds is 7. The molecule has 0 saturated carbocycles. The van der Waals surface area contributed by atoms with E-state index >= 15 is 0 Å². The van der Waals surface area contributed by atoms with Gasteiger partial charge in [-0.2, -0.15) is 0 Å². The van der Waals surface area contributed by atoms with Crippen LogP contribution >= 0.6 is 0 Å². The number of benzene rings is 1. The molecule has 1 amide bonds. The van der Waals surface area contributed by atoms with Crippen LogP contribution in [0.1, 0.15) is 37.7 Å². The normalized spacial score (nSPS) is 16.0. The summed E-state index contributed by atoms with van der Waals surface area (Å²) in [4.78, 5) is 36.5. The Morgan fingerprint density at radius 1 is 1.11 bits per heavy atom. The third-order valence-corrected chi connectivity index (χ3v) is 7.29. The molecule has 192 valence electrons. The second kappa shape index (κ2) is 10.2. The van der Waals surface area contributed by atoms with E-state index in [1.807, 2.05) is 59.0 Å². The molecular weight excluding hydrogens is 470 g/mol. The van der Waals surface area contributed by atoms with E-state index in [1.54, 1.807) is 25.6 Å². The van der Waals surface area contributed by atoms with E-state index in [0.29, 0.717) is 43.4 Å². The molecule has 4 aromatic rings. The van der Waals surface area contributed by atoms with Crippen molar-refractivity contribution in [2.24, 2.45) is 0 Å². The number of hydrogen-bond acceptors (Lipinski definition) is 6. The summed E-state index contributed by atoms with van der Waals surface area (Å²) in [5.41, 5.74) is 1.23. The zero-order chi connectivity index (χ0) is 26.0. The van der Waals surface area contributed by atoms with Crippen LogP contribution in [-0.2, 0) is 11.3 Å². The number of piperidine rings is 1. The lowest BCUT2D eigenvalue weighted by Crippen LogP contribution is -2.49. The number of ether oxygens (including phenoxy) is 1. The molecule has 1 aliphatic rings. The maximum absolute atomic E-state index is 13.2. The van der Waals surface area contributed by atoms with Crippen LogP contribution in [0.15, 0.2) is 72.2 Å². The molecule has 9 nitrogen and oxygen atoms in total. The Kier molecular flexibility index (Phi) is 6.80. The minimum atomic E-state index is -1.08. The predicted octanol–water partition coefficient (Wildman–Crippen LogP) is 3.14. The Morgan fingerprint density at radius 2 is 1.81 bits per heavy atom. The molecule has 0 radical (unpaired) electrons. The van der Waals surface area contributed by atoms with Crippen molar-refractivity contribution in [1.29, 1.82) is 0 Å². The van der Waals surface area contributed by atoms with Gasteiger partial charge < -0.3 is 19.3 Å². The molecule has 1 aromatic carbocycles. The number of pyridine rings is 1. The van der Waals surface area contributed by atoms with Crippen molar-refractivity contribution in [2.75, 3.05) is 20.2 Å². The van der Waals surface area contributed by atoms with Crippen LogP contribution in [0.25, 0.3) is 16.7 Å². The van der Waals surface area contributed by atoms with Crippen molar-refractivity contribution < 1.29 is 14.6 Å². The van der Waals surface area contributed by atoms with Gasteiger partial charge in [0.05, 0.1) is 24.6 Å². The number of aliphatic hydroxyl groups is 1. The number of likely N-dealkylation sites (tertiary alicyclic amines) is 1. The van der Waals surface area contributed by atoms with Crippen LogP contribution in [0.5, 0.6) is 5.75 Å². The van der Waals surface area contributed by atoms with E-state index in [0.717, 1.165) is 17.0 Å². The Morgan fingerprint density at radius 3 is 2.49 bits per heavy atom. The molecule has 1 saturated heterocycles. The smallest absolute Gasteiger partial charge is 0.262 e. The number of amides is 1. The summed E-state index contributed by atoms with van der Waals surface area (Å²) in [5.74, 6) is 0.921. The third-order valence-electron chi connectivity index (χ3n) is 7.29. The summed E-state index contributed by atoms with van der Waals surface area (Å²) in [7, 11) is 1.62. The van der Waals surface area contributed by atoms with Crippen LogP contribution < -0.4 is 10.3 Å². The van der Waals surface area contributed by atoms with Crippen LogP contribution in [0, 0.1) is 0 Å². The molecule has 1 fully saturated rings. The number of carbonyl (C=O) groups excluding carboxylic acids is 1. The summed E-state index contributed by atoms with van der Waals surface area (Å²) in [6.45, 7) is 3.08. The first-order chi connectivity index (χ1) is 17.9. The SMILES string of the molecule is COc1ccc(-n2ccc3c(=O)n(CC4(O)CCN(C(=O)CC(C)c5ccncc5)CC4)cnc32)cc1. The Bertz CT molecular complexity index is 1440. The molecule has 1 aliphatic heterocycles. The minimum Gasteiger partial charge on any atom is -0.497 e. The van der Waals surface area contributed by atoms with E-state index < -0.39 is 5.60 Å². The first-order valence-corrected chi connectivity index (χ1v) is 12.5. The van der Waals surface area contributed by atoms with E-state index in [4.69, 9.17) is 4.74 Å². The summed E-state index contributed by atoms with van der Waals surface area (Å²) in [5, 5.41) is 11.7. The fraction of sp³-hybridized carbons (Fsp3) is 0.357. The highest BCUT2D eigenvalue weighted by Gasteiger charge is 2.35. The van der Waals surface area contributed by atoms with Crippen molar-refractivity contribution in [3.05, 3.63) is 83.3 Å². The van der Waals surface area contributed by atoms with Gasteiger partial charge in [0.2, 0.25) is 5.91 Å². The first kappa shape index (κ1) is 24.7. The van der Waals surface area contributed by atoms with E-state index in [9.17, 15) is 14.7 Å². The molecule has 9 heteroatoms. The maximum Gasteiger partial charge on any atom is 0.262 e. The second-order valence-corrected chi connectivity index (χ2v) is 9.79. The minimum absolute atomic E-state index is 0.0755. The Hall–Kier alpha value is -3.98. The van der Waals surface area contributed by atoms with Crippen molar-refractivity contribution in [3.63, 3.8) is 0 Å². The topological polar surface area (TPSA) is 102 Å². The van der Waals surface area contributed by atoms with Crippen molar-refractivity contribution >= 4 is 16.9 Å². The fourth-order valence-corrected chi connectivity index (χ4v) is 4.97. The lowest BCUT2D eigenvalue weighted by molar-refractivity contribution is -0.136. The second-order valence-electron chi connectivity index (χ2n) is 9.79. The standard InChI is InChI=1S/C28H31N5O4/c1-20(21-7-12-29-13-8-21)17-25(34)31-15-10-28(36,11-16-31)18-32-19-30-26-24(27(32)35)9-14-33(26)22-3-5-23(37-2)6-4-22/h3-9,12-14,19-20,36H,10-11,15-18H2,1-2H3. The van der Waals surface area contributed by atoms with Crippen LogP contribution in [0.3, 0.4) is 0 Å². The molecule has 1 unspecified atom stereocenters. The number of nitrogens with zero attached hydrogens (tertiary/aromatic N) is 5. The Labute approximate surface area is 215 Å². The van der Waals surface area contributed by atoms with Crippen molar-refractivity contribution in [1.82, 2.24) is 24.0 Å². The largest absolute Gasteiger partial charge is 0.497 e. The fourth-order valence-electron chi connectivity index (χ4n) is 4.97. The van der Waals surface area contributed by atoms with Crippen molar-refractivity contribution in [2.45, 2.75) is 44.2 Å². The average Bonchev–Trinajstić information content (AvgIpc) is 3.36. The van der Waals surface area contributed by atoms with E-state index in [1.165, 1.54) is 10.9 Å². The summed E-state index contributed by atoms with van der Waals surface area (Å²) < 4.78 is 8.55. The average molecular weight is 502 g/mol. The van der Waals surface area contributed by atoms with Crippen LogP contribution in [0.2, 0.25) is 0 Å².